The van der Waals surface area contributed by atoms with E-state index in [4.69, 9.17) is 10.2 Å². The fourth-order valence-electron chi connectivity index (χ4n) is 1.54. The molecule has 0 bridgehead atoms. The molecule has 82 valence electrons. The van der Waals surface area contributed by atoms with E-state index in [9.17, 15) is 0 Å². The number of hydrogen-bond acceptors (Lipinski definition) is 5. The summed E-state index contributed by atoms with van der Waals surface area (Å²) in [5, 5.41) is 1.97. The number of aromatic nitrogens is 3. The Balaban J connectivity index is 2.25. The van der Waals surface area contributed by atoms with Crippen LogP contribution in [0.3, 0.4) is 0 Å². The van der Waals surface area contributed by atoms with Gasteiger partial charge in [-0.05, 0) is 13.8 Å². The summed E-state index contributed by atoms with van der Waals surface area (Å²) in [6, 6.07) is 0. The summed E-state index contributed by atoms with van der Waals surface area (Å²) >= 11 is 1.53. The van der Waals surface area contributed by atoms with E-state index in [1.54, 1.807) is 6.33 Å². The normalized spacial score (nSPS) is 11.4. The molecule has 3 aromatic rings. The Labute approximate surface area is 95.6 Å². The SMILES string of the molecule is Cc1nc(-c2csc3c(N)ncn23)oc1C. The molecule has 3 heterocycles. The van der Waals surface area contributed by atoms with Crippen molar-refractivity contribution in [2.24, 2.45) is 0 Å². The Bertz CT molecular complexity index is 644. The first-order chi connectivity index (χ1) is 7.66. The standard InChI is InChI=1S/C10H10N4OS/c1-5-6(2)15-9(13-5)7-3-16-10-8(11)12-4-14(7)10/h3-4H,11H2,1-2H3. The van der Waals surface area contributed by atoms with Crippen LogP contribution < -0.4 is 5.73 Å². The highest BCUT2D eigenvalue weighted by Gasteiger charge is 2.14. The molecule has 0 aliphatic carbocycles. The van der Waals surface area contributed by atoms with E-state index in [2.05, 4.69) is 9.97 Å². The fourth-order valence-corrected chi connectivity index (χ4v) is 2.41. The van der Waals surface area contributed by atoms with Crippen LogP contribution in [0.2, 0.25) is 0 Å². The van der Waals surface area contributed by atoms with Crippen molar-refractivity contribution >= 4 is 22.0 Å². The van der Waals surface area contributed by atoms with Crippen LogP contribution >= 0.6 is 11.3 Å². The van der Waals surface area contributed by atoms with Crippen molar-refractivity contribution in [1.29, 1.82) is 0 Å². The second-order valence-electron chi connectivity index (χ2n) is 3.59. The topological polar surface area (TPSA) is 69.3 Å². The van der Waals surface area contributed by atoms with Crippen molar-refractivity contribution in [3.05, 3.63) is 23.2 Å². The molecule has 3 rings (SSSR count). The van der Waals surface area contributed by atoms with Crippen LogP contribution in [0, 0.1) is 13.8 Å². The first-order valence-electron chi connectivity index (χ1n) is 4.81. The summed E-state index contributed by atoms with van der Waals surface area (Å²) in [4.78, 5) is 9.34. The predicted molar refractivity (Wildman–Crippen MR) is 62.5 cm³/mol. The van der Waals surface area contributed by atoms with E-state index in [-0.39, 0.29) is 0 Å². The van der Waals surface area contributed by atoms with Gasteiger partial charge in [0, 0.05) is 5.38 Å². The molecule has 0 fully saturated rings. The van der Waals surface area contributed by atoms with Crippen molar-refractivity contribution in [1.82, 2.24) is 14.4 Å². The Morgan fingerprint density at radius 1 is 1.44 bits per heavy atom. The van der Waals surface area contributed by atoms with Gasteiger partial charge in [0.2, 0.25) is 5.89 Å². The summed E-state index contributed by atoms with van der Waals surface area (Å²) in [6.07, 6.45) is 1.69. The molecule has 0 radical (unpaired) electrons. The van der Waals surface area contributed by atoms with E-state index >= 15 is 0 Å². The third-order valence-corrected chi connectivity index (χ3v) is 3.51. The molecular weight excluding hydrogens is 224 g/mol. The van der Waals surface area contributed by atoms with Crippen LogP contribution in [0.25, 0.3) is 16.4 Å². The number of anilines is 1. The van der Waals surface area contributed by atoms with E-state index in [0.717, 1.165) is 22.0 Å². The van der Waals surface area contributed by atoms with Crippen LogP contribution in [-0.4, -0.2) is 14.4 Å². The Morgan fingerprint density at radius 3 is 2.94 bits per heavy atom. The molecule has 5 nitrogen and oxygen atoms in total. The molecule has 0 unspecified atom stereocenters. The van der Waals surface area contributed by atoms with Crippen LogP contribution in [0.4, 0.5) is 5.82 Å². The molecule has 3 aromatic heterocycles. The van der Waals surface area contributed by atoms with Crippen molar-refractivity contribution in [2.75, 3.05) is 5.73 Å². The maximum absolute atomic E-state index is 5.73. The zero-order valence-corrected chi connectivity index (χ0v) is 9.71. The van der Waals surface area contributed by atoms with Gasteiger partial charge in [0.1, 0.15) is 22.6 Å². The number of fused-ring (bicyclic) bond motifs is 1. The van der Waals surface area contributed by atoms with Gasteiger partial charge in [-0.25, -0.2) is 9.97 Å². The number of aryl methyl sites for hydroxylation is 2. The van der Waals surface area contributed by atoms with Gasteiger partial charge in [-0.1, -0.05) is 0 Å². The van der Waals surface area contributed by atoms with Crippen molar-refractivity contribution in [3.63, 3.8) is 0 Å². The van der Waals surface area contributed by atoms with E-state index in [1.807, 2.05) is 23.6 Å². The highest BCUT2D eigenvalue weighted by Crippen LogP contribution is 2.29. The number of nitrogen functional groups attached to an aromatic ring is 1. The lowest BCUT2D eigenvalue weighted by Gasteiger charge is -1.91. The zero-order valence-electron chi connectivity index (χ0n) is 8.89. The van der Waals surface area contributed by atoms with Crippen LogP contribution in [0.5, 0.6) is 0 Å². The first-order valence-corrected chi connectivity index (χ1v) is 5.69. The summed E-state index contributed by atoms with van der Waals surface area (Å²) in [7, 11) is 0. The molecular formula is C10H10N4OS. The molecule has 0 spiro atoms. The van der Waals surface area contributed by atoms with Gasteiger partial charge >= 0.3 is 0 Å². The molecule has 0 saturated carbocycles. The van der Waals surface area contributed by atoms with E-state index in [0.29, 0.717) is 11.7 Å². The lowest BCUT2D eigenvalue weighted by atomic mass is 10.4. The molecule has 0 amide bonds. The minimum absolute atomic E-state index is 0.538. The Morgan fingerprint density at radius 2 is 2.25 bits per heavy atom. The third kappa shape index (κ3) is 1.16. The molecule has 0 aliphatic rings. The summed E-state index contributed by atoms with van der Waals surface area (Å²) in [6.45, 7) is 3.83. The zero-order chi connectivity index (χ0) is 11.3. The highest BCUT2D eigenvalue weighted by atomic mass is 32.1. The van der Waals surface area contributed by atoms with Gasteiger partial charge in [0.05, 0.1) is 5.69 Å². The van der Waals surface area contributed by atoms with E-state index in [1.165, 1.54) is 11.3 Å². The van der Waals surface area contributed by atoms with Crippen LogP contribution in [0.1, 0.15) is 11.5 Å². The second kappa shape index (κ2) is 3.08. The molecule has 2 N–H and O–H groups in total. The maximum Gasteiger partial charge on any atom is 0.244 e. The minimum atomic E-state index is 0.538. The van der Waals surface area contributed by atoms with Gasteiger partial charge in [-0.3, -0.25) is 4.40 Å². The molecule has 0 saturated heterocycles. The Kier molecular flexibility index (Phi) is 1.81. The number of nitrogens with two attached hydrogens (primary N) is 1. The van der Waals surface area contributed by atoms with Crippen molar-refractivity contribution < 1.29 is 4.42 Å². The predicted octanol–water partition coefficient (Wildman–Crippen LogP) is 2.25. The third-order valence-electron chi connectivity index (χ3n) is 2.54. The maximum atomic E-state index is 5.73. The average Bonchev–Trinajstić information content (AvgIpc) is 2.87. The van der Waals surface area contributed by atoms with Gasteiger partial charge < -0.3 is 10.2 Å². The number of nitrogens with zero attached hydrogens (tertiary/aromatic N) is 3. The molecule has 0 aromatic carbocycles. The van der Waals surface area contributed by atoms with Gasteiger partial charge in [-0.2, -0.15) is 0 Å². The number of hydrogen-bond donors (Lipinski definition) is 1. The van der Waals surface area contributed by atoms with Gasteiger partial charge in [-0.15, -0.1) is 11.3 Å². The minimum Gasteiger partial charge on any atom is -0.440 e. The van der Waals surface area contributed by atoms with Crippen LogP contribution in [-0.2, 0) is 0 Å². The lowest BCUT2D eigenvalue weighted by Crippen LogP contribution is -1.84. The van der Waals surface area contributed by atoms with E-state index < -0.39 is 0 Å². The Hall–Kier alpha value is -1.82. The first kappa shape index (κ1) is 9.41. The summed E-state index contributed by atoms with van der Waals surface area (Å²) < 4.78 is 7.48. The number of rotatable bonds is 1. The fraction of sp³-hybridized carbons (Fsp3) is 0.200. The number of oxazole rings is 1. The summed E-state index contributed by atoms with van der Waals surface area (Å²) in [5.41, 5.74) is 7.52. The second-order valence-corrected chi connectivity index (χ2v) is 4.44. The largest absolute Gasteiger partial charge is 0.440 e. The monoisotopic (exact) mass is 234 g/mol. The average molecular weight is 234 g/mol. The molecule has 16 heavy (non-hydrogen) atoms. The van der Waals surface area contributed by atoms with Gasteiger partial charge in [0.15, 0.2) is 5.82 Å². The van der Waals surface area contributed by atoms with Crippen molar-refractivity contribution in [2.45, 2.75) is 13.8 Å². The lowest BCUT2D eigenvalue weighted by molar-refractivity contribution is 0.538. The van der Waals surface area contributed by atoms with Crippen molar-refractivity contribution in [3.8, 4) is 11.6 Å². The molecule has 6 heteroatoms. The molecule has 0 aliphatic heterocycles. The molecule has 0 atom stereocenters. The highest BCUT2D eigenvalue weighted by molar-refractivity contribution is 7.16. The smallest absolute Gasteiger partial charge is 0.244 e. The quantitative estimate of drug-likeness (QED) is 0.701. The number of thiazole rings is 1. The summed E-state index contributed by atoms with van der Waals surface area (Å²) in [5.74, 6) is 1.98. The number of imidazole rings is 1. The van der Waals surface area contributed by atoms with Gasteiger partial charge in [0.25, 0.3) is 0 Å². The van der Waals surface area contributed by atoms with Crippen LogP contribution in [0.15, 0.2) is 16.1 Å².